The molecule has 0 radical (unpaired) electrons. The molecule has 1 aromatic rings. The van der Waals surface area contributed by atoms with Gasteiger partial charge in [0.1, 0.15) is 6.10 Å². The predicted molar refractivity (Wildman–Crippen MR) is 78.6 cm³/mol. The van der Waals surface area contributed by atoms with Gasteiger partial charge in [0.15, 0.2) is 0 Å². The van der Waals surface area contributed by atoms with Gasteiger partial charge in [0.2, 0.25) is 5.91 Å². The first-order chi connectivity index (χ1) is 9.79. The molecule has 2 heterocycles. The second kappa shape index (κ2) is 8.24. The van der Waals surface area contributed by atoms with E-state index in [0.29, 0.717) is 25.6 Å². The highest BCUT2D eigenvalue weighted by molar-refractivity contribution is 7.99. The van der Waals surface area contributed by atoms with Gasteiger partial charge in [-0.1, -0.05) is 6.07 Å². The predicted octanol–water partition coefficient (Wildman–Crippen LogP) is 1.23. The lowest BCUT2D eigenvalue weighted by molar-refractivity contribution is -0.124. The third-order valence-corrected chi connectivity index (χ3v) is 3.65. The number of nitrogens with zero attached hydrogens (tertiary/aromatic N) is 1. The van der Waals surface area contributed by atoms with Crippen molar-refractivity contribution in [1.82, 2.24) is 10.3 Å². The first-order valence-electron chi connectivity index (χ1n) is 6.67. The van der Waals surface area contributed by atoms with Gasteiger partial charge in [-0.2, -0.15) is 11.8 Å². The molecule has 1 amide bonds. The highest BCUT2D eigenvalue weighted by Gasteiger charge is 2.27. The van der Waals surface area contributed by atoms with Gasteiger partial charge < -0.3 is 14.8 Å². The quantitative estimate of drug-likeness (QED) is 0.856. The van der Waals surface area contributed by atoms with E-state index in [-0.39, 0.29) is 18.1 Å². The van der Waals surface area contributed by atoms with E-state index in [1.807, 2.05) is 24.5 Å². The van der Waals surface area contributed by atoms with E-state index in [4.69, 9.17) is 9.47 Å². The Morgan fingerprint density at radius 2 is 2.50 bits per heavy atom. The van der Waals surface area contributed by atoms with Gasteiger partial charge in [0.05, 0.1) is 30.7 Å². The smallest absolute Gasteiger partial charge is 0.230 e. The van der Waals surface area contributed by atoms with Gasteiger partial charge >= 0.3 is 0 Å². The van der Waals surface area contributed by atoms with Crippen LogP contribution in [0.15, 0.2) is 24.4 Å². The zero-order valence-electron chi connectivity index (χ0n) is 11.6. The maximum Gasteiger partial charge on any atom is 0.230 e. The van der Waals surface area contributed by atoms with Gasteiger partial charge in [-0.15, -0.1) is 0 Å². The van der Waals surface area contributed by atoms with E-state index in [1.54, 1.807) is 6.20 Å². The Balaban J connectivity index is 1.85. The van der Waals surface area contributed by atoms with Crippen LogP contribution in [0.5, 0.6) is 0 Å². The van der Waals surface area contributed by atoms with Crippen LogP contribution in [0.25, 0.3) is 0 Å². The number of amides is 1. The van der Waals surface area contributed by atoms with Crippen LogP contribution >= 0.6 is 11.8 Å². The summed E-state index contributed by atoms with van der Waals surface area (Å²) in [5, 5.41) is 3.02. The lowest BCUT2D eigenvalue weighted by Crippen LogP contribution is -2.50. The van der Waals surface area contributed by atoms with Gasteiger partial charge in [0.25, 0.3) is 0 Å². The molecule has 1 saturated heterocycles. The molecule has 0 aliphatic carbocycles. The van der Waals surface area contributed by atoms with Crippen molar-refractivity contribution in [2.45, 2.75) is 25.2 Å². The largest absolute Gasteiger partial charge is 0.379 e. The molecule has 20 heavy (non-hydrogen) atoms. The second-order valence-electron chi connectivity index (χ2n) is 4.64. The Bertz CT molecular complexity index is 416. The molecular formula is C14H20N2O3S. The molecule has 0 unspecified atom stereocenters. The number of rotatable bonds is 6. The second-order valence-corrected chi connectivity index (χ2v) is 5.51. The summed E-state index contributed by atoms with van der Waals surface area (Å²) in [6.07, 6.45) is 4.33. The van der Waals surface area contributed by atoms with Crippen molar-refractivity contribution >= 4 is 17.7 Å². The number of thioether (sulfide) groups is 1. The summed E-state index contributed by atoms with van der Waals surface area (Å²) >= 11 is 1.52. The average Bonchev–Trinajstić information content (AvgIpc) is 2.48. The Hall–Kier alpha value is -1.11. The molecule has 0 bridgehead atoms. The Morgan fingerprint density at radius 1 is 1.60 bits per heavy atom. The third kappa shape index (κ3) is 4.77. The highest BCUT2D eigenvalue weighted by Crippen LogP contribution is 2.13. The number of hydrogen-bond acceptors (Lipinski definition) is 5. The molecule has 1 aromatic heterocycles. The number of carbonyl (C=O) groups excluding carboxylic acids is 1. The standard InChI is InChI=1S/C14H20N2O3S/c1-20-10-14(17)16-12-5-7-18-9-13(12)19-8-11-4-2-3-6-15-11/h2-4,6,12-13H,5,7-10H2,1H3,(H,16,17)/t12-,13-/m1/s1. The number of pyridine rings is 1. The van der Waals surface area contributed by atoms with Crippen LogP contribution in [0, 0.1) is 0 Å². The van der Waals surface area contributed by atoms with Crippen LogP contribution in [-0.4, -0.2) is 48.3 Å². The molecule has 0 aromatic carbocycles. The molecular weight excluding hydrogens is 276 g/mol. The van der Waals surface area contributed by atoms with Gasteiger partial charge in [-0.25, -0.2) is 0 Å². The van der Waals surface area contributed by atoms with Crippen LogP contribution in [0.1, 0.15) is 12.1 Å². The van der Waals surface area contributed by atoms with Crippen LogP contribution in [0.2, 0.25) is 0 Å². The van der Waals surface area contributed by atoms with Crippen LogP contribution < -0.4 is 5.32 Å². The Labute approximate surface area is 123 Å². The number of ether oxygens (including phenoxy) is 2. The minimum Gasteiger partial charge on any atom is -0.379 e. The van der Waals surface area contributed by atoms with E-state index in [0.717, 1.165) is 12.1 Å². The van der Waals surface area contributed by atoms with E-state index in [9.17, 15) is 4.79 Å². The fourth-order valence-corrected chi connectivity index (χ4v) is 2.44. The highest BCUT2D eigenvalue weighted by atomic mass is 32.2. The number of nitrogens with one attached hydrogen (secondary N) is 1. The van der Waals surface area contributed by atoms with Crippen LogP contribution in [-0.2, 0) is 20.9 Å². The van der Waals surface area contributed by atoms with Crippen molar-refractivity contribution in [2.75, 3.05) is 25.2 Å². The van der Waals surface area contributed by atoms with E-state index >= 15 is 0 Å². The van der Waals surface area contributed by atoms with Crippen molar-refractivity contribution < 1.29 is 14.3 Å². The number of aromatic nitrogens is 1. The Morgan fingerprint density at radius 3 is 3.25 bits per heavy atom. The lowest BCUT2D eigenvalue weighted by atomic mass is 10.1. The SMILES string of the molecule is CSCC(=O)N[C@@H]1CCOC[C@H]1OCc1ccccn1. The fourth-order valence-electron chi connectivity index (χ4n) is 2.10. The molecule has 2 atom stereocenters. The normalized spacial score (nSPS) is 22.4. The van der Waals surface area contributed by atoms with Gasteiger partial charge in [-0.3, -0.25) is 9.78 Å². The molecule has 2 rings (SSSR count). The molecule has 110 valence electrons. The van der Waals surface area contributed by atoms with Crippen LogP contribution in [0.3, 0.4) is 0 Å². The molecule has 1 aliphatic rings. The van der Waals surface area contributed by atoms with E-state index in [1.165, 1.54) is 11.8 Å². The first-order valence-corrected chi connectivity index (χ1v) is 8.06. The fraction of sp³-hybridized carbons (Fsp3) is 0.571. The molecule has 1 N–H and O–H groups in total. The summed E-state index contributed by atoms with van der Waals surface area (Å²) in [4.78, 5) is 15.9. The van der Waals surface area contributed by atoms with Crippen molar-refractivity contribution in [3.63, 3.8) is 0 Å². The van der Waals surface area contributed by atoms with E-state index < -0.39 is 0 Å². The van der Waals surface area contributed by atoms with Crippen molar-refractivity contribution in [1.29, 1.82) is 0 Å². The number of carbonyl (C=O) groups is 1. The van der Waals surface area contributed by atoms with Crippen molar-refractivity contribution in [2.24, 2.45) is 0 Å². The molecule has 0 saturated carbocycles. The molecule has 1 aliphatic heterocycles. The van der Waals surface area contributed by atoms with Crippen LogP contribution in [0.4, 0.5) is 0 Å². The zero-order valence-corrected chi connectivity index (χ0v) is 12.4. The molecule has 1 fully saturated rings. The van der Waals surface area contributed by atoms with E-state index in [2.05, 4.69) is 10.3 Å². The summed E-state index contributed by atoms with van der Waals surface area (Å²) < 4.78 is 11.3. The molecule has 0 spiro atoms. The molecule has 6 heteroatoms. The summed E-state index contributed by atoms with van der Waals surface area (Å²) in [5.74, 6) is 0.528. The summed E-state index contributed by atoms with van der Waals surface area (Å²) in [7, 11) is 0. The van der Waals surface area contributed by atoms with Crippen molar-refractivity contribution in [3.8, 4) is 0 Å². The monoisotopic (exact) mass is 296 g/mol. The summed E-state index contributed by atoms with van der Waals surface area (Å²) in [5.41, 5.74) is 0.882. The maximum atomic E-state index is 11.7. The lowest BCUT2D eigenvalue weighted by Gasteiger charge is -2.32. The van der Waals surface area contributed by atoms with Gasteiger partial charge in [-0.05, 0) is 24.8 Å². The summed E-state index contributed by atoms with van der Waals surface area (Å²) in [6, 6.07) is 5.75. The first kappa shape index (κ1) is 15.3. The zero-order chi connectivity index (χ0) is 14.2. The number of hydrogen-bond donors (Lipinski definition) is 1. The van der Waals surface area contributed by atoms with Gasteiger partial charge in [0, 0.05) is 12.8 Å². The summed E-state index contributed by atoms with van der Waals surface area (Å²) in [6.45, 7) is 1.61. The molecule has 5 nitrogen and oxygen atoms in total. The minimum absolute atomic E-state index is 0.0205. The topological polar surface area (TPSA) is 60.5 Å². The van der Waals surface area contributed by atoms with Crippen molar-refractivity contribution in [3.05, 3.63) is 30.1 Å². The average molecular weight is 296 g/mol. The maximum absolute atomic E-state index is 11.7. The minimum atomic E-state index is -0.114. The third-order valence-electron chi connectivity index (χ3n) is 3.10. The Kier molecular flexibility index (Phi) is 6.29.